The summed E-state index contributed by atoms with van der Waals surface area (Å²) >= 11 is 0. The molecule has 122 valence electrons. The van der Waals surface area contributed by atoms with Crippen LogP contribution in [-0.2, 0) is 9.47 Å². The Bertz CT molecular complexity index is 653. The van der Waals surface area contributed by atoms with Gasteiger partial charge in [0.25, 0.3) is 5.56 Å². The van der Waals surface area contributed by atoms with Crippen LogP contribution in [0.5, 0.6) is 0 Å². The van der Waals surface area contributed by atoms with E-state index in [1.54, 1.807) is 6.92 Å². The van der Waals surface area contributed by atoms with Gasteiger partial charge in [-0.05, 0) is 6.92 Å². The monoisotopic (exact) mass is 315 g/mol. The second-order valence-corrected chi connectivity index (χ2v) is 5.04. The lowest BCUT2D eigenvalue weighted by Gasteiger charge is -2.16. The van der Waals surface area contributed by atoms with Crippen LogP contribution in [0, 0.1) is 17.0 Å². The molecule has 0 saturated carbocycles. The number of nitrogens with one attached hydrogen (secondary N) is 1. The molecular weight excluding hydrogens is 298 g/mol. The molecule has 2 heterocycles. The minimum absolute atomic E-state index is 0.0113. The molecule has 10 nitrogen and oxygen atoms in total. The number of H-pyrrole nitrogens is 1. The van der Waals surface area contributed by atoms with Gasteiger partial charge in [0.15, 0.2) is 0 Å². The maximum absolute atomic E-state index is 11.8. The van der Waals surface area contributed by atoms with E-state index < -0.39 is 34.6 Å². The van der Waals surface area contributed by atoms with E-state index in [0.717, 1.165) is 0 Å². The van der Waals surface area contributed by atoms with Crippen molar-refractivity contribution >= 4 is 0 Å². The molecule has 1 aromatic heterocycles. The highest BCUT2D eigenvalue weighted by Crippen LogP contribution is 2.27. The molecule has 1 fully saturated rings. The molecular formula is C12H17N3O7. The van der Waals surface area contributed by atoms with E-state index in [9.17, 15) is 24.8 Å². The Morgan fingerprint density at radius 1 is 1.59 bits per heavy atom. The van der Waals surface area contributed by atoms with Crippen molar-refractivity contribution in [2.24, 2.45) is 0 Å². The largest absolute Gasteiger partial charge is 0.390 e. The van der Waals surface area contributed by atoms with E-state index in [0.29, 0.717) is 5.56 Å². The Morgan fingerprint density at radius 3 is 3.00 bits per heavy atom. The van der Waals surface area contributed by atoms with Gasteiger partial charge in [-0.25, -0.2) is 4.79 Å². The van der Waals surface area contributed by atoms with Crippen molar-refractivity contribution in [3.63, 3.8) is 0 Å². The Kier molecular flexibility index (Phi) is 5.06. The number of aromatic amines is 1. The van der Waals surface area contributed by atoms with Crippen molar-refractivity contribution in [2.45, 2.75) is 31.8 Å². The Hall–Kier alpha value is -2.04. The molecule has 0 aromatic carbocycles. The van der Waals surface area contributed by atoms with E-state index in [1.165, 1.54) is 10.8 Å². The number of aliphatic hydroxyl groups excluding tert-OH is 1. The zero-order valence-corrected chi connectivity index (χ0v) is 11.9. The highest BCUT2D eigenvalue weighted by atomic mass is 16.6. The van der Waals surface area contributed by atoms with Gasteiger partial charge in [0.1, 0.15) is 18.9 Å². The molecule has 1 aliphatic heterocycles. The molecule has 2 N–H and O–H groups in total. The SMILES string of the molecule is Cc1cn([C@H]2CC(O)[C@@H](COCC[N+](=O)[O-])O2)c(=O)[nH]c1=O. The molecule has 22 heavy (non-hydrogen) atoms. The Balaban J connectivity index is 1.98. The van der Waals surface area contributed by atoms with E-state index in [1.807, 2.05) is 0 Å². The van der Waals surface area contributed by atoms with Crippen molar-refractivity contribution in [3.8, 4) is 0 Å². The fourth-order valence-corrected chi connectivity index (χ4v) is 2.17. The molecule has 0 bridgehead atoms. The van der Waals surface area contributed by atoms with Crippen LogP contribution in [-0.4, -0.2) is 51.5 Å². The summed E-state index contributed by atoms with van der Waals surface area (Å²) in [4.78, 5) is 34.9. The topological polar surface area (TPSA) is 137 Å². The normalized spacial score (nSPS) is 24.5. The first-order valence-corrected chi connectivity index (χ1v) is 6.73. The lowest BCUT2D eigenvalue weighted by atomic mass is 10.2. The molecule has 0 aliphatic carbocycles. The first-order valence-electron chi connectivity index (χ1n) is 6.73. The summed E-state index contributed by atoms with van der Waals surface area (Å²) in [5, 5.41) is 20.1. The predicted molar refractivity (Wildman–Crippen MR) is 73.3 cm³/mol. The summed E-state index contributed by atoms with van der Waals surface area (Å²) in [5.74, 6) is 0. The van der Waals surface area contributed by atoms with Crippen molar-refractivity contribution in [1.29, 1.82) is 0 Å². The molecule has 1 unspecified atom stereocenters. The van der Waals surface area contributed by atoms with Crippen molar-refractivity contribution in [2.75, 3.05) is 19.8 Å². The Morgan fingerprint density at radius 2 is 2.32 bits per heavy atom. The summed E-state index contributed by atoms with van der Waals surface area (Å²) in [6.45, 7) is 1.13. The van der Waals surface area contributed by atoms with Crippen LogP contribution in [0.1, 0.15) is 18.2 Å². The van der Waals surface area contributed by atoms with Gasteiger partial charge in [-0.3, -0.25) is 24.5 Å². The lowest BCUT2D eigenvalue weighted by molar-refractivity contribution is -0.483. The fraction of sp³-hybridized carbons (Fsp3) is 0.667. The van der Waals surface area contributed by atoms with Crippen LogP contribution < -0.4 is 11.2 Å². The quantitative estimate of drug-likeness (QED) is 0.381. The predicted octanol–water partition coefficient (Wildman–Crippen LogP) is -1.21. The van der Waals surface area contributed by atoms with Gasteiger partial charge < -0.3 is 14.6 Å². The minimum Gasteiger partial charge on any atom is -0.390 e. The maximum Gasteiger partial charge on any atom is 0.330 e. The summed E-state index contributed by atoms with van der Waals surface area (Å²) < 4.78 is 11.8. The summed E-state index contributed by atoms with van der Waals surface area (Å²) in [6.07, 6.45) is -0.735. The lowest BCUT2D eigenvalue weighted by Crippen LogP contribution is -2.33. The van der Waals surface area contributed by atoms with Crippen LogP contribution in [0.25, 0.3) is 0 Å². The second kappa shape index (κ2) is 6.81. The smallest absolute Gasteiger partial charge is 0.330 e. The highest BCUT2D eigenvalue weighted by molar-refractivity contribution is 5.02. The number of nitro groups is 1. The van der Waals surface area contributed by atoms with Gasteiger partial charge in [0, 0.05) is 23.1 Å². The average Bonchev–Trinajstić information content (AvgIpc) is 2.80. The third kappa shape index (κ3) is 3.78. The highest BCUT2D eigenvalue weighted by Gasteiger charge is 2.35. The van der Waals surface area contributed by atoms with Gasteiger partial charge in [0.2, 0.25) is 6.54 Å². The van der Waals surface area contributed by atoms with E-state index in [2.05, 4.69) is 4.98 Å². The number of aromatic nitrogens is 2. The molecule has 0 radical (unpaired) electrons. The molecule has 1 saturated heterocycles. The van der Waals surface area contributed by atoms with Gasteiger partial charge >= 0.3 is 5.69 Å². The number of aryl methyl sites for hydroxylation is 1. The van der Waals surface area contributed by atoms with Gasteiger partial charge in [-0.2, -0.15) is 0 Å². The van der Waals surface area contributed by atoms with E-state index >= 15 is 0 Å². The zero-order valence-electron chi connectivity index (χ0n) is 11.9. The number of nitrogens with zero attached hydrogens (tertiary/aromatic N) is 2. The standard InChI is InChI=1S/C12H17N3O7/c1-7-5-14(12(18)13-11(7)17)10-4-8(16)9(22-10)6-21-3-2-15(19)20/h5,8-10,16H,2-4,6H2,1H3,(H,13,17,18)/t8?,9-,10-/m1/s1. The van der Waals surface area contributed by atoms with Crippen LogP contribution in [0.15, 0.2) is 15.8 Å². The molecule has 3 atom stereocenters. The number of hydrogen-bond acceptors (Lipinski definition) is 7. The third-order valence-electron chi connectivity index (χ3n) is 3.36. The van der Waals surface area contributed by atoms with Crippen LogP contribution >= 0.6 is 0 Å². The summed E-state index contributed by atoms with van der Waals surface area (Å²) in [7, 11) is 0. The first kappa shape index (κ1) is 16.3. The number of ether oxygens (including phenoxy) is 2. The van der Waals surface area contributed by atoms with Gasteiger partial charge in [0.05, 0.1) is 12.7 Å². The van der Waals surface area contributed by atoms with E-state index in [-0.39, 0.29) is 26.2 Å². The maximum atomic E-state index is 11.8. The minimum atomic E-state index is -0.861. The number of hydrogen-bond donors (Lipinski definition) is 2. The molecule has 0 spiro atoms. The van der Waals surface area contributed by atoms with Gasteiger partial charge in [-0.15, -0.1) is 0 Å². The van der Waals surface area contributed by atoms with E-state index in [4.69, 9.17) is 9.47 Å². The molecule has 1 aromatic rings. The first-order chi connectivity index (χ1) is 10.4. The number of aliphatic hydroxyl groups is 1. The summed E-state index contributed by atoms with van der Waals surface area (Å²) in [6, 6.07) is 0. The Labute approximate surface area is 124 Å². The number of rotatable bonds is 6. The van der Waals surface area contributed by atoms with Gasteiger partial charge in [-0.1, -0.05) is 0 Å². The average molecular weight is 315 g/mol. The molecule has 1 aliphatic rings. The van der Waals surface area contributed by atoms with Crippen LogP contribution in [0.4, 0.5) is 0 Å². The van der Waals surface area contributed by atoms with Crippen molar-refractivity contribution in [3.05, 3.63) is 42.7 Å². The molecule has 2 rings (SSSR count). The van der Waals surface area contributed by atoms with Crippen LogP contribution in [0.2, 0.25) is 0 Å². The second-order valence-electron chi connectivity index (χ2n) is 5.04. The molecule has 0 amide bonds. The molecule has 10 heteroatoms. The zero-order chi connectivity index (χ0) is 16.3. The fourth-order valence-electron chi connectivity index (χ4n) is 2.17. The summed E-state index contributed by atoms with van der Waals surface area (Å²) in [5.41, 5.74) is -0.745. The van der Waals surface area contributed by atoms with Crippen molar-refractivity contribution in [1.82, 2.24) is 9.55 Å². The van der Waals surface area contributed by atoms with Crippen LogP contribution in [0.3, 0.4) is 0 Å². The van der Waals surface area contributed by atoms with Crippen molar-refractivity contribution < 1.29 is 19.5 Å². The third-order valence-corrected chi connectivity index (χ3v) is 3.36.